The number of anilines is 1. The molecule has 1 aromatic rings. The van der Waals surface area contributed by atoms with Crippen molar-refractivity contribution in [3.63, 3.8) is 0 Å². The minimum Gasteiger partial charge on any atom is -0.495 e. The molecule has 5 nitrogen and oxygen atoms in total. The summed E-state index contributed by atoms with van der Waals surface area (Å²) in [5, 5.41) is 7.33. The Labute approximate surface area is 125 Å². The van der Waals surface area contributed by atoms with Crippen molar-refractivity contribution in [3.8, 4) is 5.75 Å². The number of nitrogens with zero attached hydrogens (tertiary/aromatic N) is 1. The van der Waals surface area contributed by atoms with Gasteiger partial charge in [0.05, 0.1) is 19.3 Å². The molecule has 0 radical (unpaired) electrons. The number of ether oxygens (including phenoxy) is 1. The number of nitrogens with one attached hydrogen (secondary N) is 2. The predicted octanol–water partition coefficient (Wildman–Crippen LogP) is 2.79. The van der Waals surface area contributed by atoms with Crippen LogP contribution in [0, 0.1) is 5.92 Å². The summed E-state index contributed by atoms with van der Waals surface area (Å²) < 4.78 is 5.23. The maximum atomic E-state index is 11.8. The van der Waals surface area contributed by atoms with E-state index in [9.17, 15) is 4.79 Å². The summed E-state index contributed by atoms with van der Waals surface area (Å²) in [6.45, 7) is 2.34. The normalized spacial score (nSPS) is 19.5. The van der Waals surface area contributed by atoms with E-state index in [1.54, 1.807) is 7.11 Å². The highest BCUT2D eigenvalue weighted by Gasteiger charge is 2.20. The Hall–Kier alpha value is -2.04. The quantitative estimate of drug-likeness (QED) is 0.792. The number of rotatable bonds is 6. The molecular formula is C16H23N3O2. The molecular weight excluding hydrogens is 266 g/mol. The van der Waals surface area contributed by atoms with Gasteiger partial charge in [-0.2, -0.15) is 5.10 Å². The molecule has 0 aromatic heterocycles. The van der Waals surface area contributed by atoms with Crippen molar-refractivity contribution in [3.05, 3.63) is 24.3 Å². The van der Waals surface area contributed by atoms with E-state index in [0.29, 0.717) is 5.92 Å². The van der Waals surface area contributed by atoms with Crippen molar-refractivity contribution in [2.75, 3.05) is 19.0 Å². The molecule has 0 saturated heterocycles. The number of carbonyl (C=O) groups is 1. The Kier molecular flexibility index (Phi) is 5.60. The summed E-state index contributed by atoms with van der Waals surface area (Å²) in [5.74, 6) is 1.11. The monoisotopic (exact) mass is 289 g/mol. The van der Waals surface area contributed by atoms with Gasteiger partial charge in [0.2, 0.25) is 0 Å². The minimum absolute atomic E-state index is 0.143. The Balaban J connectivity index is 1.84. The molecule has 1 fully saturated rings. The number of para-hydroxylation sites is 2. The third-order valence-electron chi connectivity index (χ3n) is 3.82. The predicted molar refractivity (Wildman–Crippen MR) is 84.7 cm³/mol. The van der Waals surface area contributed by atoms with Crippen LogP contribution in [0.25, 0.3) is 0 Å². The van der Waals surface area contributed by atoms with Crippen LogP contribution in [0.4, 0.5) is 5.69 Å². The summed E-state index contributed by atoms with van der Waals surface area (Å²) >= 11 is 0. The molecule has 1 aromatic carbocycles. The molecule has 2 rings (SSSR count). The minimum atomic E-state index is -0.143. The third kappa shape index (κ3) is 4.21. The molecule has 1 amide bonds. The van der Waals surface area contributed by atoms with Crippen molar-refractivity contribution in [2.24, 2.45) is 11.0 Å². The SMILES string of the molecule is CC[C@H]1CCC/C1=N/NC(=O)CNc1ccccc1OC. The smallest absolute Gasteiger partial charge is 0.259 e. The topological polar surface area (TPSA) is 62.7 Å². The van der Waals surface area contributed by atoms with Gasteiger partial charge < -0.3 is 10.1 Å². The molecule has 0 spiro atoms. The molecule has 0 bridgehead atoms. The first-order chi connectivity index (χ1) is 10.2. The molecule has 114 valence electrons. The van der Waals surface area contributed by atoms with E-state index in [1.165, 1.54) is 12.8 Å². The first-order valence-electron chi connectivity index (χ1n) is 7.46. The van der Waals surface area contributed by atoms with E-state index < -0.39 is 0 Å². The lowest BCUT2D eigenvalue weighted by Gasteiger charge is -2.11. The lowest BCUT2D eigenvalue weighted by molar-refractivity contribution is -0.119. The zero-order valence-electron chi connectivity index (χ0n) is 12.7. The van der Waals surface area contributed by atoms with Gasteiger partial charge in [0, 0.05) is 5.71 Å². The summed E-state index contributed by atoms with van der Waals surface area (Å²) in [6, 6.07) is 7.52. The lowest BCUT2D eigenvalue weighted by atomic mass is 10.0. The lowest BCUT2D eigenvalue weighted by Crippen LogP contribution is -2.27. The summed E-state index contributed by atoms with van der Waals surface area (Å²) in [6.07, 6.45) is 4.45. The Morgan fingerprint density at radius 1 is 1.43 bits per heavy atom. The van der Waals surface area contributed by atoms with Gasteiger partial charge in [-0.05, 0) is 43.7 Å². The highest BCUT2D eigenvalue weighted by Crippen LogP contribution is 2.25. The van der Waals surface area contributed by atoms with E-state index >= 15 is 0 Å². The molecule has 0 heterocycles. The number of amides is 1. The first-order valence-corrected chi connectivity index (χ1v) is 7.46. The van der Waals surface area contributed by atoms with Gasteiger partial charge in [-0.1, -0.05) is 19.1 Å². The van der Waals surface area contributed by atoms with E-state index in [1.807, 2.05) is 24.3 Å². The summed E-state index contributed by atoms with van der Waals surface area (Å²) in [4.78, 5) is 11.8. The number of carbonyl (C=O) groups excluding carboxylic acids is 1. The number of hydrogen-bond donors (Lipinski definition) is 2. The van der Waals surface area contributed by atoms with E-state index in [-0.39, 0.29) is 12.5 Å². The van der Waals surface area contributed by atoms with Crippen LogP contribution in [-0.4, -0.2) is 25.3 Å². The van der Waals surface area contributed by atoms with Gasteiger partial charge in [-0.25, -0.2) is 5.43 Å². The van der Waals surface area contributed by atoms with Crippen molar-refractivity contribution in [2.45, 2.75) is 32.6 Å². The second kappa shape index (κ2) is 7.67. The standard InChI is InChI=1S/C16H23N3O2/c1-3-12-7-6-9-13(12)18-19-16(20)11-17-14-8-4-5-10-15(14)21-2/h4-5,8,10,12,17H,3,6-7,9,11H2,1-2H3,(H,19,20)/b18-13-/t12-/m0/s1. The van der Waals surface area contributed by atoms with Gasteiger partial charge in [0.25, 0.3) is 5.91 Å². The van der Waals surface area contributed by atoms with Crippen molar-refractivity contribution in [1.29, 1.82) is 0 Å². The number of methoxy groups -OCH3 is 1. The molecule has 1 atom stereocenters. The van der Waals surface area contributed by atoms with Crippen molar-refractivity contribution < 1.29 is 9.53 Å². The fourth-order valence-electron chi connectivity index (χ4n) is 2.63. The molecule has 2 N–H and O–H groups in total. The third-order valence-corrected chi connectivity index (χ3v) is 3.82. The van der Waals surface area contributed by atoms with E-state index in [0.717, 1.165) is 30.0 Å². The highest BCUT2D eigenvalue weighted by molar-refractivity contribution is 5.90. The summed E-state index contributed by atoms with van der Waals surface area (Å²) in [5.41, 5.74) is 4.57. The van der Waals surface area contributed by atoms with Gasteiger partial charge in [-0.3, -0.25) is 4.79 Å². The average molecular weight is 289 g/mol. The van der Waals surface area contributed by atoms with Crippen molar-refractivity contribution >= 4 is 17.3 Å². The molecule has 1 aliphatic carbocycles. The fraction of sp³-hybridized carbons (Fsp3) is 0.500. The summed E-state index contributed by atoms with van der Waals surface area (Å²) in [7, 11) is 1.61. The van der Waals surface area contributed by atoms with Gasteiger partial charge >= 0.3 is 0 Å². The zero-order valence-corrected chi connectivity index (χ0v) is 12.7. The van der Waals surface area contributed by atoms with Crippen LogP contribution in [0.15, 0.2) is 29.4 Å². The van der Waals surface area contributed by atoms with Gasteiger partial charge in [-0.15, -0.1) is 0 Å². The van der Waals surface area contributed by atoms with Gasteiger partial charge in [0.15, 0.2) is 0 Å². The Morgan fingerprint density at radius 2 is 2.24 bits per heavy atom. The maximum absolute atomic E-state index is 11.8. The molecule has 21 heavy (non-hydrogen) atoms. The van der Waals surface area contributed by atoms with Crippen LogP contribution >= 0.6 is 0 Å². The number of hydrogen-bond acceptors (Lipinski definition) is 4. The molecule has 1 saturated carbocycles. The van der Waals surface area contributed by atoms with Crippen LogP contribution in [-0.2, 0) is 4.79 Å². The number of hydrazone groups is 1. The molecule has 5 heteroatoms. The Morgan fingerprint density at radius 3 is 3.00 bits per heavy atom. The second-order valence-electron chi connectivity index (χ2n) is 5.19. The average Bonchev–Trinajstić information content (AvgIpc) is 2.98. The Bertz CT molecular complexity index is 514. The molecule has 0 aliphatic heterocycles. The zero-order chi connectivity index (χ0) is 15.1. The second-order valence-corrected chi connectivity index (χ2v) is 5.19. The van der Waals surface area contributed by atoms with Crippen LogP contribution in [0.2, 0.25) is 0 Å². The molecule has 1 aliphatic rings. The van der Waals surface area contributed by atoms with Crippen LogP contribution in [0.1, 0.15) is 32.6 Å². The number of benzene rings is 1. The van der Waals surface area contributed by atoms with Crippen LogP contribution in [0.3, 0.4) is 0 Å². The largest absolute Gasteiger partial charge is 0.495 e. The fourth-order valence-corrected chi connectivity index (χ4v) is 2.63. The van der Waals surface area contributed by atoms with E-state index in [4.69, 9.17) is 4.74 Å². The highest BCUT2D eigenvalue weighted by atomic mass is 16.5. The van der Waals surface area contributed by atoms with Crippen molar-refractivity contribution in [1.82, 2.24) is 5.43 Å². The van der Waals surface area contributed by atoms with Gasteiger partial charge in [0.1, 0.15) is 5.75 Å². The maximum Gasteiger partial charge on any atom is 0.259 e. The van der Waals surface area contributed by atoms with Crippen LogP contribution < -0.4 is 15.5 Å². The first kappa shape index (κ1) is 15.4. The van der Waals surface area contributed by atoms with E-state index in [2.05, 4.69) is 22.8 Å². The van der Waals surface area contributed by atoms with Crippen LogP contribution in [0.5, 0.6) is 5.75 Å². The molecule has 0 unspecified atom stereocenters.